The molecule has 18 heavy (non-hydrogen) atoms. The Morgan fingerprint density at radius 1 is 1.11 bits per heavy atom. The molecule has 0 bridgehead atoms. The summed E-state index contributed by atoms with van der Waals surface area (Å²) in [5.74, 6) is -0.634. The van der Waals surface area contributed by atoms with Crippen LogP contribution in [0.15, 0.2) is 0 Å². The second kappa shape index (κ2) is 11.4. The molecule has 2 atom stereocenters. The summed E-state index contributed by atoms with van der Waals surface area (Å²) in [5, 5.41) is 9.05. The molecule has 7 heteroatoms. The first-order chi connectivity index (χ1) is 8.59. The lowest BCUT2D eigenvalue weighted by Crippen LogP contribution is -2.41. The van der Waals surface area contributed by atoms with Crippen molar-refractivity contribution >= 4 is 5.97 Å². The normalized spacial score (nSPS) is 14.2. The second-order valence-corrected chi connectivity index (χ2v) is 3.65. The van der Waals surface area contributed by atoms with Gasteiger partial charge in [-0.25, -0.2) is 0 Å². The average molecular weight is 265 g/mol. The van der Waals surface area contributed by atoms with Gasteiger partial charge in [-0.05, 0) is 6.92 Å². The van der Waals surface area contributed by atoms with Crippen LogP contribution in [0.3, 0.4) is 0 Å². The van der Waals surface area contributed by atoms with Crippen LogP contribution in [-0.4, -0.2) is 70.0 Å². The number of hydrogen-bond donors (Lipinski definition) is 2. The van der Waals surface area contributed by atoms with Crippen molar-refractivity contribution in [3.05, 3.63) is 0 Å². The molecule has 0 aromatic heterocycles. The van der Waals surface area contributed by atoms with E-state index in [1.165, 1.54) is 6.92 Å². The van der Waals surface area contributed by atoms with E-state index in [4.69, 9.17) is 29.8 Å². The number of methoxy groups -OCH3 is 1. The van der Waals surface area contributed by atoms with Gasteiger partial charge in [0, 0.05) is 7.11 Å². The number of aliphatic hydroxyl groups excluding tert-OH is 1. The molecule has 0 heterocycles. The van der Waals surface area contributed by atoms with E-state index < -0.39 is 18.1 Å². The summed E-state index contributed by atoms with van der Waals surface area (Å²) in [6.07, 6.45) is -0.924. The zero-order valence-electron chi connectivity index (χ0n) is 11.0. The Labute approximate surface area is 107 Å². The summed E-state index contributed by atoms with van der Waals surface area (Å²) in [5.41, 5.74) is 5.37. The monoisotopic (exact) mass is 265 g/mol. The molecule has 108 valence electrons. The zero-order valence-corrected chi connectivity index (χ0v) is 11.0. The Morgan fingerprint density at radius 3 is 2.11 bits per heavy atom. The van der Waals surface area contributed by atoms with Crippen molar-refractivity contribution in [2.75, 3.05) is 46.8 Å². The van der Waals surface area contributed by atoms with Crippen molar-refractivity contribution in [1.29, 1.82) is 0 Å². The summed E-state index contributed by atoms with van der Waals surface area (Å²) >= 11 is 0. The number of hydrogen-bond acceptors (Lipinski definition) is 7. The Balaban J connectivity index is 3.27. The Kier molecular flexibility index (Phi) is 10.9. The topological polar surface area (TPSA) is 100 Å². The highest BCUT2D eigenvalue weighted by molar-refractivity contribution is 5.76. The molecule has 0 saturated heterocycles. The Morgan fingerprint density at radius 2 is 1.61 bits per heavy atom. The first-order valence-electron chi connectivity index (χ1n) is 5.84. The maximum absolute atomic E-state index is 11.2. The molecule has 0 aliphatic heterocycles. The van der Waals surface area contributed by atoms with Crippen molar-refractivity contribution in [2.45, 2.75) is 19.1 Å². The molecule has 0 aromatic carbocycles. The van der Waals surface area contributed by atoms with Crippen LogP contribution in [-0.2, 0) is 23.7 Å². The summed E-state index contributed by atoms with van der Waals surface area (Å²) in [6.45, 7) is 3.77. The molecule has 0 aromatic rings. The third-order valence-electron chi connectivity index (χ3n) is 2.07. The van der Waals surface area contributed by atoms with Crippen LogP contribution in [0.1, 0.15) is 6.92 Å². The third kappa shape index (κ3) is 9.32. The fraction of sp³-hybridized carbons (Fsp3) is 0.909. The number of carbonyl (C=O) groups is 1. The van der Waals surface area contributed by atoms with Crippen molar-refractivity contribution in [2.24, 2.45) is 5.73 Å². The number of aliphatic hydroxyl groups is 1. The van der Waals surface area contributed by atoms with Gasteiger partial charge in [0.25, 0.3) is 0 Å². The first-order valence-corrected chi connectivity index (χ1v) is 5.84. The van der Waals surface area contributed by atoms with Crippen molar-refractivity contribution in [1.82, 2.24) is 0 Å². The van der Waals surface area contributed by atoms with Crippen molar-refractivity contribution in [3.63, 3.8) is 0 Å². The van der Waals surface area contributed by atoms with E-state index in [0.717, 1.165) is 0 Å². The number of esters is 1. The van der Waals surface area contributed by atoms with Gasteiger partial charge in [-0.2, -0.15) is 0 Å². The van der Waals surface area contributed by atoms with Gasteiger partial charge in [0.1, 0.15) is 12.6 Å². The summed E-state index contributed by atoms with van der Waals surface area (Å²) < 4.78 is 19.9. The minimum Gasteiger partial charge on any atom is -0.462 e. The lowest BCUT2D eigenvalue weighted by molar-refractivity contribution is -0.149. The van der Waals surface area contributed by atoms with Gasteiger partial charge in [-0.15, -0.1) is 0 Å². The van der Waals surface area contributed by atoms with Gasteiger partial charge in [0.15, 0.2) is 0 Å². The smallest absolute Gasteiger partial charge is 0.325 e. The fourth-order valence-corrected chi connectivity index (χ4v) is 0.959. The Bertz CT molecular complexity index is 212. The quantitative estimate of drug-likeness (QED) is 0.362. The van der Waals surface area contributed by atoms with Gasteiger partial charge >= 0.3 is 5.97 Å². The molecule has 0 radical (unpaired) electrons. The molecule has 7 nitrogen and oxygen atoms in total. The first kappa shape index (κ1) is 17.3. The van der Waals surface area contributed by atoms with E-state index in [2.05, 4.69) is 0 Å². The molecule has 0 saturated carbocycles. The minimum atomic E-state index is -1.01. The van der Waals surface area contributed by atoms with Crippen LogP contribution >= 0.6 is 0 Å². The number of rotatable bonds is 11. The summed E-state index contributed by atoms with van der Waals surface area (Å²) in [6, 6.07) is -1.01. The molecule has 0 aliphatic rings. The molecule has 0 unspecified atom stereocenters. The third-order valence-corrected chi connectivity index (χ3v) is 2.07. The zero-order chi connectivity index (χ0) is 13.8. The Hall–Kier alpha value is -0.730. The minimum absolute atomic E-state index is 0.108. The van der Waals surface area contributed by atoms with Gasteiger partial charge in [0.05, 0.1) is 39.1 Å². The summed E-state index contributed by atoms with van der Waals surface area (Å²) in [4.78, 5) is 11.2. The van der Waals surface area contributed by atoms with Crippen molar-refractivity contribution in [3.8, 4) is 0 Å². The maximum Gasteiger partial charge on any atom is 0.325 e. The van der Waals surface area contributed by atoms with E-state index >= 15 is 0 Å². The lowest BCUT2D eigenvalue weighted by Gasteiger charge is -2.13. The maximum atomic E-state index is 11.2. The SMILES string of the molecule is COCCOCCOCCOC(=O)[C@@H](N)[C@@H](C)O. The molecular formula is C11H23NO6. The number of carbonyl (C=O) groups excluding carboxylic acids is 1. The van der Waals surface area contributed by atoms with E-state index in [0.29, 0.717) is 26.4 Å². The highest BCUT2D eigenvalue weighted by Crippen LogP contribution is 1.92. The predicted octanol–water partition coefficient (Wildman–Crippen LogP) is -1.08. The lowest BCUT2D eigenvalue weighted by atomic mass is 10.2. The molecule has 0 aliphatic carbocycles. The van der Waals surface area contributed by atoms with Crippen LogP contribution in [0.2, 0.25) is 0 Å². The van der Waals surface area contributed by atoms with Crippen LogP contribution in [0, 0.1) is 0 Å². The molecule has 0 fully saturated rings. The highest BCUT2D eigenvalue weighted by Gasteiger charge is 2.19. The van der Waals surface area contributed by atoms with Gasteiger partial charge in [0.2, 0.25) is 0 Å². The molecule has 0 amide bonds. The van der Waals surface area contributed by atoms with E-state index in [-0.39, 0.29) is 13.2 Å². The van der Waals surface area contributed by atoms with Crippen molar-refractivity contribution < 1.29 is 28.8 Å². The van der Waals surface area contributed by atoms with E-state index in [1.54, 1.807) is 7.11 Å². The van der Waals surface area contributed by atoms with Gasteiger partial charge < -0.3 is 29.8 Å². The molecule has 3 N–H and O–H groups in total. The average Bonchev–Trinajstić information content (AvgIpc) is 2.35. The molecular weight excluding hydrogens is 242 g/mol. The van der Waals surface area contributed by atoms with Crippen LogP contribution in [0.25, 0.3) is 0 Å². The number of nitrogens with two attached hydrogens (primary N) is 1. The fourth-order valence-electron chi connectivity index (χ4n) is 0.959. The highest BCUT2D eigenvalue weighted by atomic mass is 16.6. The summed E-state index contributed by atoms with van der Waals surface area (Å²) in [7, 11) is 1.60. The van der Waals surface area contributed by atoms with Gasteiger partial charge in [-0.1, -0.05) is 0 Å². The van der Waals surface area contributed by atoms with E-state index in [1.807, 2.05) is 0 Å². The van der Waals surface area contributed by atoms with Crippen LogP contribution in [0.4, 0.5) is 0 Å². The van der Waals surface area contributed by atoms with Gasteiger partial charge in [-0.3, -0.25) is 4.79 Å². The van der Waals surface area contributed by atoms with E-state index in [9.17, 15) is 4.79 Å². The van der Waals surface area contributed by atoms with Crippen LogP contribution in [0.5, 0.6) is 0 Å². The predicted molar refractivity (Wildman–Crippen MR) is 64.1 cm³/mol. The molecule has 0 rings (SSSR count). The number of ether oxygens (including phenoxy) is 4. The molecule has 0 spiro atoms. The second-order valence-electron chi connectivity index (χ2n) is 3.65. The standard InChI is InChI=1S/C11H23NO6/c1-9(13)10(12)11(14)18-8-7-17-6-5-16-4-3-15-2/h9-10,13H,3-8,12H2,1-2H3/t9-,10+/m1/s1. The van der Waals surface area contributed by atoms with Crippen LogP contribution < -0.4 is 5.73 Å². The largest absolute Gasteiger partial charge is 0.462 e.